The first-order valence-corrected chi connectivity index (χ1v) is 28.8. The SMILES string of the molecule is CC(C)(C)OC(=O)N[C@H](C(=O)N1CC2(C[C@H]1C(=O)CC(CC1CCC1)C(O)C(N)=O)C(C)(C)C21CCC1)C(C)(C)C.CC(C)(C)[C@H](N)C(=O)N1CC2(C[C@H]1C(=O)CC(CC1CCC1)C(O)C(N)=O)C(C)(C)C21CCC1. The number of alkyl carbamates (subject to hydrolysis) is 1. The van der Waals surface area contributed by atoms with E-state index in [9.17, 15) is 43.8 Å². The molecule has 16 heteroatoms. The normalized spacial score (nSPS) is 30.3. The standard InChI is InChI=1S/C32H53N3O6.C27H45N3O4/c1-28(2,3)24(34-27(40)41-29(4,5)6)26(39)35-18-32(30(7,8)31(32)13-10-14-31)17-21(35)22(36)16-20(23(37)25(33)38)15-19-11-9-12-19;1-24(2,3)21(28)23(34)30-15-27(25(4,5)26(27)10-7-11-26)14-18(30)19(31)13-17(20(32)22(29)33)12-16-8-6-9-16/h19-21,23-24,37H,9-18H2,1-8H3,(H2,33,38)(H,34,40);16-18,20-21,32H,6-15,28H2,1-5H3,(H2,29,33)/t20?,21-,23?,24+,32?;17?,18-,20?,21+,27?/m00/s1. The quantitative estimate of drug-likeness (QED) is 0.0855. The number of fused-ring (bicyclic) bond motifs is 2. The van der Waals surface area contributed by atoms with Gasteiger partial charge in [0.15, 0.2) is 11.6 Å². The summed E-state index contributed by atoms with van der Waals surface area (Å²) >= 11 is 0. The molecule has 5 amide bonds. The molecule has 8 fully saturated rings. The molecular formula is C59H98N6O10. The fraction of sp³-hybridized carbons (Fsp3) is 0.881. The van der Waals surface area contributed by atoms with Gasteiger partial charge in [-0.1, -0.05) is 121 Å². The predicted molar refractivity (Wildman–Crippen MR) is 286 cm³/mol. The molecule has 0 radical (unpaired) electrons. The number of likely N-dealkylation sites (tertiary alicyclic amines) is 2. The van der Waals surface area contributed by atoms with Crippen molar-refractivity contribution in [2.24, 2.45) is 84.2 Å². The highest BCUT2D eigenvalue weighted by molar-refractivity contribution is 5.95. The predicted octanol–water partition coefficient (Wildman–Crippen LogP) is 7.10. The molecule has 6 unspecified atom stereocenters. The highest BCUT2D eigenvalue weighted by Gasteiger charge is 2.86. The maximum Gasteiger partial charge on any atom is 0.408 e. The van der Waals surface area contributed by atoms with E-state index in [2.05, 4.69) is 33.0 Å². The first kappa shape index (κ1) is 59.0. The van der Waals surface area contributed by atoms with Crippen molar-refractivity contribution in [1.82, 2.24) is 15.1 Å². The summed E-state index contributed by atoms with van der Waals surface area (Å²) in [5.74, 6) is -2.51. The van der Waals surface area contributed by atoms with E-state index in [1.165, 1.54) is 6.42 Å². The van der Waals surface area contributed by atoms with Gasteiger partial charge in [-0.3, -0.25) is 28.8 Å². The highest BCUT2D eigenvalue weighted by Crippen LogP contribution is 2.89. The molecule has 0 bridgehead atoms. The molecule has 4 spiro atoms. The van der Waals surface area contributed by atoms with Crippen LogP contribution in [0.3, 0.4) is 0 Å². The number of ketones is 2. The third-order valence-corrected chi connectivity index (χ3v) is 22.0. The van der Waals surface area contributed by atoms with Crippen LogP contribution in [0, 0.1) is 67.0 Å². The number of aliphatic hydroxyl groups excluding tert-OH is 2. The van der Waals surface area contributed by atoms with Gasteiger partial charge in [0.05, 0.1) is 18.1 Å². The van der Waals surface area contributed by atoms with E-state index >= 15 is 0 Å². The summed E-state index contributed by atoms with van der Waals surface area (Å²) in [6.07, 6.45) is 12.3. The van der Waals surface area contributed by atoms with Crippen LogP contribution in [0.15, 0.2) is 0 Å². The lowest BCUT2D eigenvalue weighted by Gasteiger charge is -2.36. The average Bonchev–Trinajstić information content (AvgIpc) is 3.55. The third-order valence-electron chi connectivity index (χ3n) is 22.0. The van der Waals surface area contributed by atoms with Gasteiger partial charge in [0.1, 0.15) is 23.9 Å². The summed E-state index contributed by atoms with van der Waals surface area (Å²) in [6.45, 7) is 27.0. The highest BCUT2D eigenvalue weighted by atomic mass is 16.6. The van der Waals surface area contributed by atoms with E-state index in [4.69, 9.17) is 21.9 Å². The number of ether oxygens (including phenoxy) is 1. The molecule has 6 saturated carbocycles. The van der Waals surface area contributed by atoms with Gasteiger partial charge in [0.2, 0.25) is 23.6 Å². The van der Waals surface area contributed by atoms with Crippen LogP contribution >= 0.6 is 0 Å². The maximum absolute atomic E-state index is 14.4. The summed E-state index contributed by atoms with van der Waals surface area (Å²) in [5.41, 5.74) is 15.7. The van der Waals surface area contributed by atoms with Gasteiger partial charge in [0, 0.05) is 48.6 Å². The Labute approximate surface area is 448 Å². The van der Waals surface area contributed by atoms with Gasteiger partial charge in [-0.05, 0) is 116 Å². The maximum atomic E-state index is 14.4. The third kappa shape index (κ3) is 10.2. The second kappa shape index (κ2) is 20.2. The summed E-state index contributed by atoms with van der Waals surface area (Å²) in [6, 6.07) is -2.83. The minimum absolute atomic E-state index is 0.00175. The molecule has 0 aromatic heterocycles. The second-order valence-corrected chi connectivity index (χ2v) is 29.6. The van der Waals surface area contributed by atoms with Crippen LogP contribution in [0.2, 0.25) is 0 Å². The van der Waals surface area contributed by atoms with E-state index in [1.807, 2.05) is 41.5 Å². The smallest absolute Gasteiger partial charge is 0.408 e. The van der Waals surface area contributed by atoms with Gasteiger partial charge < -0.3 is 47.3 Å². The Morgan fingerprint density at radius 1 is 0.587 bits per heavy atom. The molecule has 8 rings (SSSR count). The van der Waals surface area contributed by atoms with Crippen LogP contribution in [0.1, 0.15) is 206 Å². The monoisotopic (exact) mass is 1050 g/mol. The van der Waals surface area contributed by atoms with Crippen LogP contribution in [-0.4, -0.2) is 116 Å². The minimum Gasteiger partial charge on any atom is -0.444 e. The molecule has 2 saturated heterocycles. The summed E-state index contributed by atoms with van der Waals surface area (Å²) < 4.78 is 5.49. The number of aliphatic hydroxyl groups is 2. The Morgan fingerprint density at radius 3 is 1.23 bits per heavy atom. The van der Waals surface area contributed by atoms with Crippen molar-refractivity contribution in [3.05, 3.63) is 0 Å². The van der Waals surface area contributed by atoms with Crippen molar-refractivity contribution < 1.29 is 48.5 Å². The number of hydrogen-bond donors (Lipinski definition) is 6. The molecule has 0 aromatic rings. The van der Waals surface area contributed by atoms with Crippen molar-refractivity contribution in [1.29, 1.82) is 0 Å². The number of amides is 5. The van der Waals surface area contributed by atoms with Crippen LogP contribution in [-0.2, 0) is 33.5 Å². The molecule has 16 nitrogen and oxygen atoms in total. The number of hydrogen-bond acceptors (Lipinski definition) is 11. The topological polar surface area (TPSA) is 266 Å². The number of nitrogens with two attached hydrogens (primary N) is 3. The number of rotatable bonds is 17. The Morgan fingerprint density at radius 2 is 0.960 bits per heavy atom. The van der Waals surface area contributed by atoms with Gasteiger partial charge in [-0.15, -0.1) is 0 Å². The van der Waals surface area contributed by atoms with Crippen molar-refractivity contribution in [3.8, 4) is 0 Å². The Kier molecular flexibility index (Phi) is 15.9. The number of Topliss-reactive ketones (excluding diaryl/α,β-unsaturated/α-hetero) is 2. The minimum atomic E-state index is -1.40. The molecule has 424 valence electrons. The van der Waals surface area contributed by atoms with E-state index < -0.39 is 82.5 Å². The van der Waals surface area contributed by atoms with Crippen LogP contribution in [0.5, 0.6) is 0 Å². The Hall–Kier alpha value is -3.63. The second-order valence-electron chi connectivity index (χ2n) is 29.6. The zero-order chi connectivity index (χ0) is 56.0. The Balaban J connectivity index is 0.000000222. The Bertz CT molecular complexity index is 2220. The molecule has 9 N–H and O–H groups in total. The molecule has 8 aliphatic rings. The van der Waals surface area contributed by atoms with Crippen LogP contribution in [0.25, 0.3) is 0 Å². The van der Waals surface area contributed by atoms with Crippen molar-refractivity contribution in [2.45, 2.75) is 248 Å². The lowest BCUT2D eigenvalue weighted by Crippen LogP contribution is -2.57. The lowest BCUT2D eigenvalue weighted by molar-refractivity contribution is -0.142. The zero-order valence-electron chi connectivity index (χ0n) is 48.2. The summed E-state index contributed by atoms with van der Waals surface area (Å²) in [4.78, 5) is 96.1. The van der Waals surface area contributed by atoms with E-state index in [0.717, 1.165) is 70.6 Å². The van der Waals surface area contributed by atoms with Crippen molar-refractivity contribution in [2.75, 3.05) is 13.1 Å². The summed E-state index contributed by atoms with van der Waals surface area (Å²) in [5, 5.41) is 24.0. The molecular weight excluding hydrogens is 953 g/mol. The average molecular weight is 1050 g/mol. The van der Waals surface area contributed by atoms with Crippen molar-refractivity contribution in [3.63, 3.8) is 0 Å². The molecule has 6 aliphatic carbocycles. The molecule has 2 aliphatic heterocycles. The summed E-state index contributed by atoms with van der Waals surface area (Å²) in [7, 11) is 0. The zero-order valence-corrected chi connectivity index (χ0v) is 48.2. The van der Waals surface area contributed by atoms with E-state index in [1.54, 1.807) is 30.6 Å². The van der Waals surface area contributed by atoms with Gasteiger partial charge >= 0.3 is 6.09 Å². The molecule has 75 heavy (non-hydrogen) atoms. The van der Waals surface area contributed by atoms with Crippen LogP contribution in [0.4, 0.5) is 4.79 Å². The van der Waals surface area contributed by atoms with E-state index in [-0.39, 0.29) is 68.7 Å². The largest absolute Gasteiger partial charge is 0.444 e. The fourth-order valence-electron chi connectivity index (χ4n) is 16.2. The lowest BCUT2D eigenvalue weighted by atomic mass is 9.73. The number of primary amides is 2. The molecule has 2 heterocycles. The first-order valence-electron chi connectivity index (χ1n) is 28.8. The van der Waals surface area contributed by atoms with Gasteiger partial charge in [-0.2, -0.15) is 0 Å². The number of nitrogens with one attached hydrogen (secondary N) is 1. The van der Waals surface area contributed by atoms with Crippen LogP contribution < -0.4 is 22.5 Å². The van der Waals surface area contributed by atoms with Gasteiger partial charge in [0.25, 0.3) is 0 Å². The van der Waals surface area contributed by atoms with E-state index in [0.29, 0.717) is 50.6 Å². The van der Waals surface area contributed by atoms with Crippen molar-refractivity contribution >= 4 is 41.3 Å². The first-order chi connectivity index (χ1) is 34.4. The number of carbonyl (C=O) groups excluding carboxylic acids is 7. The number of nitrogens with zero attached hydrogens (tertiary/aromatic N) is 2. The molecule has 10 atom stereocenters. The number of carbonyl (C=O) groups is 7. The van der Waals surface area contributed by atoms with Gasteiger partial charge in [-0.25, -0.2) is 4.79 Å². The molecule has 0 aromatic carbocycles. The fourth-order valence-corrected chi connectivity index (χ4v) is 16.2.